The average Bonchev–Trinajstić information content (AvgIpc) is 3.85. The molecule has 3 aliphatic heterocycles. The number of methoxy groups -OCH3 is 1. The van der Waals surface area contributed by atoms with Crippen LogP contribution in [0.3, 0.4) is 0 Å². The zero-order valence-electron chi connectivity index (χ0n) is 28.5. The van der Waals surface area contributed by atoms with E-state index in [0.717, 1.165) is 62.7 Å². The number of hydrogen-bond donors (Lipinski definition) is 2. The highest BCUT2D eigenvalue weighted by molar-refractivity contribution is 6.02. The van der Waals surface area contributed by atoms with Crippen molar-refractivity contribution >= 4 is 34.6 Å². The van der Waals surface area contributed by atoms with Crippen LogP contribution < -0.4 is 25.3 Å². The molecule has 4 aliphatic rings. The average molecular weight is 671 g/mol. The van der Waals surface area contributed by atoms with Crippen LogP contribution in [0.4, 0.5) is 33.1 Å². The molecule has 260 valence electrons. The number of benzene rings is 2. The lowest BCUT2D eigenvalue weighted by molar-refractivity contribution is -0.111. The van der Waals surface area contributed by atoms with Gasteiger partial charge in [-0.05, 0) is 75.3 Å². The van der Waals surface area contributed by atoms with E-state index < -0.39 is 0 Å². The summed E-state index contributed by atoms with van der Waals surface area (Å²) in [5, 5.41) is 8.19. The van der Waals surface area contributed by atoms with Gasteiger partial charge in [0, 0.05) is 63.0 Å². The number of amides is 1. The van der Waals surface area contributed by atoms with Crippen molar-refractivity contribution < 1.29 is 18.8 Å². The van der Waals surface area contributed by atoms with E-state index in [1.54, 1.807) is 24.3 Å². The number of hydrogen-bond acceptors (Lipinski definition) is 10. The summed E-state index contributed by atoms with van der Waals surface area (Å²) < 4.78 is 19.7. The van der Waals surface area contributed by atoms with E-state index >= 15 is 0 Å². The second-order valence-electron chi connectivity index (χ2n) is 13.6. The topological polar surface area (TPSA) is 98.3 Å². The third-order valence-corrected chi connectivity index (χ3v) is 10.3. The second-order valence-corrected chi connectivity index (χ2v) is 13.6. The highest BCUT2D eigenvalue weighted by Gasteiger charge is 2.37. The van der Waals surface area contributed by atoms with Crippen LogP contribution in [-0.4, -0.2) is 96.3 Å². The van der Waals surface area contributed by atoms with Gasteiger partial charge in [-0.2, -0.15) is 0 Å². The summed E-state index contributed by atoms with van der Waals surface area (Å²) >= 11 is 0. The number of ether oxygens (including phenoxy) is 1. The number of nitrogens with one attached hydrogen (secondary N) is 2. The summed E-state index contributed by atoms with van der Waals surface area (Å²) in [6.45, 7) is 11.8. The molecule has 4 heterocycles. The minimum atomic E-state index is -0.283. The number of piperidine rings is 1. The first-order chi connectivity index (χ1) is 23.9. The highest BCUT2D eigenvalue weighted by Crippen LogP contribution is 2.40. The van der Waals surface area contributed by atoms with Crippen LogP contribution in [0.2, 0.25) is 0 Å². The zero-order chi connectivity index (χ0) is 33.9. The van der Waals surface area contributed by atoms with Gasteiger partial charge in [-0.15, -0.1) is 0 Å². The van der Waals surface area contributed by atoms with E-state index in [2.05, 4.69) is 48.8 Å². The quantitative estimate of drug-likeness (QED) is 0.259. The van der Waals surface area contributed by atoms with E-state index in [-0.39, 0.29) is 17.8 Å². The number of halogens is 1. The second kappa shape index (κ2) is 14.7. The van der Waals surface area contributed by atoms with Gasteiger partial charge in [-0.1, -0.05) is 18.7 Å². The fraction of sp³-hybridized carbons (Fsp3) is 0.486. The first kappa shape index (κ1) is 33.2. The van der Waals surface area contributed by atoms with Crippen LogP contribution in [0.5, 0.6) is 5.75 Å². The minimum absolute atomic E-state index is 0.000948. The molecule has 49 heavy (non-hydrogen) atoms. The Balaban J connectivity index is 1.06. The van der Waals surface area contributed by atoms with Gasteiger partial charge in [0.05, 0.1) is 36.8 Å². The molecule has 3 saturated heterocycles. The number of piperazine rings is 1. The third-order valence-electron chi connectivity index (χ3n) is 10.3. The lowest BCUT2D eigenvalue weighted by Crippen LogP contribution is -2.57. The Hall–Kier alpha value is -4.26. The standard InChI is InChI=1S/C37H47FN8O3/c1-4-37(47)42-31-20-32(41-35-22-36(40-24-39-35)46-30(12-17-49-46)19-26-6-5-7-27(38)18-26)34(48-3)21-33(31)43-13-10-28(11-14-43)44-15-16-45(25(2)23-44)29-8-9-29/h4-7,18,20-22,24-25,28-30H,1,8-17,19,23H2,2-3H3,(H,42,47)(H,39,40,41). The fourth-order valence-electron chi connectivity index (χ4n) is 7.69. The summed E-state index contributed by atoms with van der Waals surface area (Å²) in [6.07, 6.45) is 9.03. The lowest BCUT2D eigenvalue weighted by Gasteiger charge is -2.46. The molecule has 0 spiro atoms. The molecule has 7 rings (SSSR count). The summed E-state index contributed by atoms with van der Waals surface area (Å²) in [5.74, 6) is 1.22. The number of carbonyl (C=O) groups excluding carboxylic acids is 1. The number of rotatable bonds is 11. The van der Waals surface area contributed by atoms with Crippen LogP contribution in [0.15, 0.2) is 61.4 Å². The Bertz CT molecular complexity index is 1650. The normalized spacial score (nSPS) is 22.3. The molecule has 1 saturated carbocycles. The van der Waals surface area contributed by atoms with Crippen molar-refractivity contribution in [3.05, 3.63) is 72.8 Å². The van der Waals surface area contributed by atoms with Gasteiger partial charge >= 0.3 is 0 Å². The predicted octanol–water partition coefficient (Wildman–Crippen LogP) is 5.38. The number of carbonyl (C=O) groups is 1. The Morgan fingerprint density at radius 3 is 2.61 bits per heavy atom. The smallest absolute Gasteiger partial charge is 0.247 e. The lowest BCUT2D eigenvalue weighted by atomic mass is 9.99. The van der Waals surface area contributed by atoms with Gasteiger partial charge in [0.2, 0.25) is 5.91 Å². The van der Waals surface area contributed by atoms with E-state index in [1.165, 1.54) is 37.9 Å². The molecule has 12 heteroatoms. The Kier molecular flexibility index (Phi) is 9.97. The van der Waals surface area contributed by atoms with Gasteiger partial charge in [0.25, 0.3) is 0 Å². The maximum atomic E-state index is 13.8. The molecule has 2 unspecified atom stereocenters. The van der Waals surface area contributed by atoms with Crippen molar-refractivity contribution in [3.63, 3.8) is 0 Å². The first-order valence-corrected chi connectivity index (χ1v) is 17.5. The first-order valence-electron chi connectivity index (χ1n) is 17.5. The van der Waals surface area contributed by atoms with Gasteiger partial charge in [-0.25, -0.2) is 19.4 Å². The molecule has 3 aromatic rings. The maximum Gasteiger partial charge on any atom is 0.247 e. The van der Waals surface area contributed by atoms with E-state index in [4.69, 9.17) is 9.57 Å². The van der Waals surface area contributed by atoms with Gasteiger partial charge in [0.1, 0.15) is 23.7 Å². The van der Waals surface area contributed by atoms with Crippen LogP contribution >= 0.6 is 0 Å². The van der Waals surface area contributed by atoms with Crippen molar-refractivity contribution in [2.24, 2.45) is 0 Å². The summed E-state index contributed by atoms with van der Waals surface area (Å²) in [6, 6.07) is 14.3. The highest BCUT2D eigenvalue weighted by atomic mass is 19.1. The third kappa shape index (κ3) is 7.66. The molecule has 4 fully saturated rings. The largest absolute Gasteiger partial charge is 0.494 e. The Labute approximate surface area is 288 Å². The van der Waals surface area contributed by atoms with Crippen LogP contribution in [0, 0.1) is 5.82 Å². The van der Waals surface area contributed by atoms with Crippen molar-refractivity contribution in [3.8, 4) is 5.75 Å². The number of nitrogens with zero attached hydrogens (tertiary/aromatic N) is 6. The molecular weight excluding hydrogens is 623 g/mol. The number of anilines is 5. The molecule has 2 aromatic carbocycles. The van der Waals surface area contributed by atoms with E-state index in [1.807, 2.05) is 24.3 Å². The van der Waals surface area contributed by atoms with Gasteiger partial charge in [0.15, 0.2) is 5.82 Å². The van der Waals surface area contributed by atoms with Crippen LogP contribution in [-0.2, 0) is 16.1 Å². The van der Waals surface area contributed by atoms with Crippen molar-refractivity contribution in [2.75, 3.05) is 67.0 Å². The molecular formula is C37H47FN8O3. The Morgan fingerprint density at radius 1 is 1.04 bits per heavy atom. The summed E-state index contributed by atoms with van der Waals surface area (Å²) in [5.41, 5.74) is 3.13. The number of aromatic nitrogens is 2. The fourth-order valence-corrected chi connectivity index (χ4v) is 7.69. The minimum Gasteiger partial charge on any atom is -0.494 e. The molecule has 1 amide bonds. The van der Waals surface area contributed by atoms with Crippen molar-refractivity contribution in [2.45, 2.75) is 69.6 Å². The molecule has 1 aromatic heterocycles. The predicted molar refractivity (Wildman–Crippen MR) is 190 cm³/mol. The molecule has 11 nitrogen and oxygen atoms in total. The van der Waals surface area contributed by atoms with Crippen molar-refractivity contribution in [1.29, 1.82) is 0 Å². The summed E-state index contributed by atoms with van der Waals surface area (Å²) in [4.78, 5) is 35.3. The zero-order valence-corrected chi connectivity index (χ0v) is 28.5. The molecule has 2 N–H and O–H groups in total. The number of hydroxylamine groups is 1. The van der Waals surface area contributed by atoms with E-state index in [9.17, 15) is 9.18 Å². The molecule has 2 atom stereocenters. The van der Waals surface area contributed by atoms with Crippen LogP contribution in [0.1, 0.15) is 44.6 Å². The SMILES string of the molecule is C=CC(=O)Nc1cc(Nc2cc(N3OCCC3Cc3cccc(F)c3)ncn2)c(OC)cc1N1CCC(N2CCN(C3CC3)C(C)C2)CC1. The molecule has 0 radical (unpaired) electrons. The Morgan fingerprint density at radius 2 is 1.88 bits per heavy atom. The van der Waals surface area contributed by atoms with Crippen LogP contribution in [0.25, 0.3) is 0 Å². The maximum absolute atomic E-state index is 13.8. The van der Waals surface area contributed by atoms with E-state index in [0.29, 0.717) is 53.9 Å². The van der Waals surface area contributed by atoms with Crippen molar-refractivity contribution in [1.82, 2.24) is 19.8 Å². The van der Waals surface area contributed by atoms with Gasteiger partial charge < -0.3 is 20.3 Å². The molecule has 1 aliphatic carbocycles. The molecule has 0 bridgehead atoms. The summed E-state index contributed by atoms with van der Waals surface area (Å²) in [7, 11) is 1.64. The monoisotopic (exact) mass is 670 g/mol. The van der Waals surface area contributed by atoms with Gasteiger partial charge in [-0.3, -0.25) is 19.4 Å².